The van der Waals surface area contributed by atoms with Crippen LogP contribution in [0.1, 0.15) is 0 Å². The summed E-state index contributed by atoms with van der Waals surface area (Å²) in [6.07, 6.45) is 0. The van der Waals surface area contributed by atoms with Gasteiger partial charge < -0.3 is 0 Å². The number of hydrogen-bond donors (Lipinski definition) is 0. The highest BCUT2D eigenvalue weighted by Gasteiger charge is 2.22. The molecule has 0 aliphatic heterocycles. The average Bonchev–Trinajstić information content (AvgIpc) is 3.68. The standard InChI is InChI=1S/C59H37N3/c1-3-11-38(12-4-1)39-23-29-45(30-24-39)58-60-57(44-13-5-2-6-14-44)61-59(62-58)46-31-27-42(28-32-46)54-36-48-16-8-7-15-47(48)35-53(54)41-25-21-40(22-26-41)49-33-34-50-51-19-9-17-43-18-10-20-52(56(43)51)55(50)37-49/h1-37H. The van der Waals surface area contributed by atoms with Gasteiger partial charge in [0.1, 0.15) is 0 Å². The van der Waals surface area contributed by atoms with Crippen molar-refractivity contribution in [2.75, 3.05) is 0 Å². The summed E-state index contributed by atoms with van der Waals surface area (Å²) in [5.74, 6) is 1.92. The Hall–Kier alpha value is -8.27. The zero-order valence-corrected chi connectivity index (χ0v) is 33.7. The van der Waals surface area contributed by atoms with E-state index in [1.54, 1.807) is 0 Å². The minimum Gasteiger partial charge on any atom is -0.208 e. The maximum atomic E-state index is 5.06. The Balaban J connectivity index is 0.898. The van der Waals surface area contributed by atoms with Crippen molar-refractivity contribution in [1.82, 2.24) is 15.0 Å². The van der Waals surface area contributed by atoms with Gasteiger partial charge in [-0.05, 0) is 107 Å². The van der Waals surface area contributed by atoms with Gasteiger partial charge in [0, 0.05) is 16.7 Å². The average molecular weight is 788 g/mol. The molecule has 1 aromatic heterocycles. The molecule has 0 unspecified atom stereocenters. The van der Waals surface area contributed by atoms with Crippen LogP contribution in [0.25, 0.3) is 122 Å². The molecule has 12 rings (SSSR count). The molecule has 1 heterocycles. The van der Waals surface area contributed by atoms with E-state index in [1.807, 2.05) is 36.4 Å². The van der Waals surface area contributed by atoms with Gasteiger partial charge in [0.2, 0.25) is 0 Å². The Bertz CT molecular complexity index is 3460. The Kier molecular flexibility index (Phi) is 8.50. The predicted octanol–water partition coefficient (Wildman–Crippen LogP) is 15.5. The third kappa shape index (κ3) is 6.27. The first-order chi connectivity index (χ1) is 30.7. The van der Waals surface area contributed by atoms with Gasteiger partial charge >= 0.3 is 0 Å². The summed E-state index contributed by atoms with van der Waals surface area (Å²) in [5.41, 5.74) is 17.5. The number of benzene rings is 10. The number of fused-ring (bicyclic) bond motifs is 4. The van der Waals surface area contributed by atoms with Crippen LogP contribution in [-0.2, 0) is 0 Å². The van der Waals surface area contributed by atoms with Crippen LogP contribution in [0.2, 0.25) is 0 Å². The summed E-state index contributed by atoms with van der Waals surface area (Å²) in [7, 11) is 0. The molecule has 62 heavy (non-hydrogen) atoms. The lowest BCUT2D eigenvalue weighted by Crippen LogP contribution is -2.00. The molecule has 288 valence electrons. The molecule has 0 bridgehead atoms. The van der Waals surface area contributed by atoms with Gasteiger partial charge in [0.25, 0.3) is 0 Å². The van der Waals surface area contributed by atoms with E-state index in [0.717, 1.165) is 27.8 Å². The normalized spacial score (nSPS) is 11.5. The zero-order chi connectivity index (χ0) is 41.0. The smallest absolute Gasteiger partial charge is 0.164 e. The van der Waals surface area contributed by atoms with E-state index in [2.05, 4.69) is 188 Å². The summed E-state index contributed by atoms with van der Waals surface area (Å²) in [5, 5.41) is 5.06. The molecule has 0 spiro atoms. The topological polar surface area (TPSA) is 38.7 Å². The van der Waals surface area contributed by atoms with E-state index >= 15 is 0 Å². The fraction of sp³-hybridized carbons (Fsp3) is 0. The number of aromatic nitrogens is 3. The Morgan fingerprint density at radius 2 is 0.565 bits per heavy atom. The lowest BCUT2D eigenvalue weighted by atomic mass is 9.90. The van der Waals surface area contributed by atoms with Gasteiger partial charge in [-0.1, -0.05) is 206 Å². The largest absolute Gasteiger partial charge is 0.208 e. The van der Waals surface area contributed by atoms with Crippen LogP contribution in [0.15, 0.2) is 224 Å². The van der Waals surface area contributed by atoms with Crippen molar-refractivity contribution in [1.29, 1.82) is 0 Å². The molecule has 0 saturated heterocycles. The second-order valence-electron chi connectivity index (χ2n) is 16.0. The Labute approximate surface area is 360 Å². The molecular weight excluding hydrogens is 751 g/mol. The third-order valence-electron chi connectivity index (χ3n) is 12.3. The number of hydrogen-bond acceptors (Lipinski definition) is 3. The maximum Gasteiger partial charge on any atom is 0.164 e. The van der Waals surface area contributed by atoms with Gasteiger partial charge in [-0.15, -0.1) is 0 Å². The van der Waals surface area contributed by atoms with Crippen molar-refractivity contribution >= 4 is 21.5 Å². The van der Waals surface area contributed by atoms with Crippen LogP contribution in [0, 0.1) is 0 Å². The second kappa shape index (κ2) is 14.8. The van der Waals surface area contributed by atoms with Crippen LogP contribution in [0.5, 0.6) is 0 Å². The van der Waals surface area contributed by atoms with E-state index in [4.69, 9.17) is 15.0 Å². The maximum absolute atomic E-state index is 5.06. The van der Waals surface area contributed by atoms with Crippen LogP contribution in [0.3, 0.4) is 0 Å². The van der Waals surface area contributed by atoms with E-state index in [0.29, 0.717) is 17.5 Å². The van der Waals surface area contributed by atoms with Crippen molar-refractivity contribution in [3.8, 4) is 101 Å². The first-order valence-corrected chi connectivity index (χ1v) is 21.1. The molecule has 11 aromatic rings. The molecule has 10 aromatic carbocycles. The molecule has 0 amide bonds. The lowest BCUT2D eigenvalue weighted by molar-refractivity contribution is 1.07. The van der Waals surface area contributed by atoms with E-state index < -0.39 is 0 Å². The molecule has 1 aliphatic carbocycles. The van der Waals surface area contributed by atoms with Gasteiger partial charge in [-0.3, -0.25) is 0 Å². The summed E-state index contributed by atoms with van der Waals surface area (Å²) in [6, 6.07) is 80.2. The predicted molar refractivity (Wildman–Crippen MR) is 257 cm³/mol. The highest BCUT2D eigenvalue weighted by atomic mass is 15.0. The summed E-state index contributed by atoms with van der Waals surface area (Å²) in [6.45, 7) is 0. The zero-order valence-electron chi connectivity index (χ0n) is 33.7. The molecule has 3 heteroatoms. The minimum absolute atomic E-state index is 0.633. The fourth-order valence-electron chi connectivity index (χ4n) is 9.12. The van der Waals surface area contributed by atoms with Gasteiger partial charge in [-0.2, -0.15) is 0 Å². The summed E-state index contributed by atoms with van der Waals surface area (Å²) < 4.78 is 0. The third-order valence-corrected chi connectivity index (χ3v) is 12.3. The van der Waals surface area contributed by atoms with Crippen LogP contribution in [0.4, 0.5) is 0 Å². The van der Waals surface area contributed by atoms with E-state index in [-0.39, 0.29) is 0 Å². The molecular formula is C59H37N3. The molecule has 0 saturated carbocycles. The second-order valence-corrected chi connectivity index (χ2v) is 16.0. The van der Waals surface area contributed by atoms with Crippen LogP contribution in [-0.4, -0.2) is 15.0 Å². The van der Waals surface area contributed by atoms with Crippen LogP contribution >= 0.6 is 0 Å². The van der Waals surface area contributed by atoms with Crippen molar-refractivity contribution in [2.45, 2.75) is 0 Å². The Morgan fingerprint density at radius 1 is 0.194 bits per heavy atom. The first-order valence-electron chi connectivity index (χ1n) is 21.1. The molecule has 0 radical (unpaired) electrons. The van der Waals surface area contributed by atoms with Crippen molar-refractivity contribution < 1.29 is 0 Å². The van der Waals surface area contributed by atoms with Crippen LogP contribution < -0.4 is 0 Å². The fourth-order valence-corrected chi connectivity index (χ4v) is 9.12. The molecule has 0 N–H and O–H groups in total. The summed E-state index contributed by atoms with van der Waals surface area (Å²) in [4.78, 5) is 15.1. The first kappa shape index (κ1) is 35.7. The quantitative estimate of drug-likeness (QED) is 0.161. The molecule has 1 aliphatic rings. The molecule has 3 nitrogen and oxygen atoms in total. The Morgan fingerprint density at radius 3 is 1.10 bits per heavy atom. The highest BCUT2D eigenvalue weighted by Crippen LogP contribution is 2.48. The van der Waals surface area contributed by atoms with Crippen molar-refractivity contribution in [3.63, 3.8) is 0 Å². The van der Waals surface area contributed by atoms with E-state index in [1.165, 1.54) is 77.2 Å². The van der Waals surface area contributed by atoms with Crippen molar-refractivity contribution in [3.05, 3.63) is 224 Å². The molecule has 0 fully saturated rings. The van der Waals surface area contributed by atoms with Gasteiger partial charge in [0.15, 0.2) is 17.5 Å². The number of rotatable bonds is 7. The summed E-state index contributed by atoms with van der Waals surface area (Å²) >= 11 is 0. The van der Waals surface area contributed by atoms with Gasteiger partial charge in [0.05, 0.1) is 0 Å². The lowest BCUT2D eigenvalue weighted by Gasteiger charge is -2.14. The molecule has 0 atom stereocenters. The SMILES string of the molecule is c1ccc(-c2ccc(-c3nc(-c4ccccc4)nc(-c4ccc(-c5cc6ccccc6cc5-c5ccc(-c6ccc7c(c6)-c6cccc8cccc-7c68)cc5)cc4)n3)cc2)cc1. The van der Waals surface area contributed by atoms with Crippen molar-refractivity contribution in [2.24, 2.45) is 0 Å². The minimum atomic E-state index is 0.633. The monoisotopic (exact) mass is 787 g/mol. The van der Waals surface area contributed by atoms with E-state index in [9.17, 15) is 0 Å². The highest BCUT2D eigenvalue weighted by molar-refractivity contribution is 6.15. The number of nitrogens with zero attached hydrogens (tertiary/aromatic N) is 3. The van der Waals surface area contributed by atoms with Gasteiger partial charge in [-0.25, -0.2) is 15.0 Å².